The van der Waals surface area contributed by atoms with E-state index in [4.69, 9.17) is 4.74 Å². The molecule has 0 radical (unpaired) electrons. The van der Waals surface area contributed by atoms with E-state index in [0.29, 0.717) is 20.9 Å². The molecule has 23 heavy (non-hydrogen) atoms. The molecule has 0 atom stereocenters. The lowest BCUT2D eigenvalue weighted by Crippen LogP contribution is -2.19. The average Bonchev–Trinajstić information content (AvgIpc) is 3.00. The van der Waals surface area contributed by atoms with Crippen LogP contribution in [-0.4, -0.2) is 42.2 Å². The molecule has 0 unspecified atom stereocenters. The van der Waals surface area contributed by atoms with E-state index in [1.54, 1.807) is 31.4 Å². The molecule has 2 amide bonds. The summed E-state index contributed by atoms with van der Waals surface area (Å²) in [6.07, 6.45) is 0. The Morgan fingerprint density at radius 3 is 2.57 bits per heavy atom. The number of hydrogen-bond acceptors (Lipinski definition) is 8. The smallest absolute Gasteiger partial charge is 0.325 e. The maximum atomic E-state index is 11.9. The molecule has 0 aliphatic rings. The van der Waals surface area contributed by atoms with Crippen molar-refractivity contribution in [2.75, 3.05) is 30.6 Å². The monoisotopic (exact) mass is 354 g/mol. The highest BCUT2D eigenvalue weighted by Crippen LogP contribution is 2.25. The molecule has 1 heterocycles. The zero-order valence-corrected chi connectivity index (χ0v) is 14.0. The first-order chi connectivity index (χ1) is 11.1. The first-order valence-corrected chi connectivity index (χ1v) is 8.16. The number of nitrogens with zero attached hydrogens (tertiary/aromatic N) is 2. The summed E-state index contributed by atoms with van der Waals surface area (Å²) in [5, 5.41) is 13.3. The molecule has 0 spiro atoms. The average molecular weight is 354 g/mol. The Bertz CT molecular complexity index is 675. The van der Waals surface area contributed by atoms with Gasteiger partial charge in [0.05, 0.1) is 20.0 Å². The van der Waals surface area contributed by atoms with Crippen LogP contribution < -0.4 is 15.4 Å². The molecule has 2 N–H and O–H groups in total. The number of carbonyl (C=O) groups excluding carboxylic acids is 2. The van der Waals surface area contributed by atoms with Crippen LogP contribution in [0.25, 0.3) is 0 Å². The number of nitrogens with one attached hydrogen (secondary N) is 2. The first kappa shape index (κ1) is 17.0. The van der Waals surface area contributed by atoms with E-state index < -0.39 is 6.03 Å². The Morgan fingerprint density at radius 1 is 1.17 bits per heavy atom. The normalized spacial score (nSPS) is 10.0. The van der Waals surface area contributed by atoms with Crippen molar-refractivity contribution >= 4 is 45.9 Å². The van der Waals surface area contributed by atoms with Crippen molar-refractivity contribution in [1.82, 2.24) is 10.2 Å². The summed E-state index contributed by atoms with van der Waals surface area (Å²) in [7, 11) is 2.89. The maximum Gasteiger partial charge on any atom is 0.325 e. The van der Waals surface area contributed by atoms with Crippen molar-refractivity contribution in [1.29, 1.82) is 0 Å². The second-order valence-corrected chi connectivity index (χ2v) is 6.25. The van der Waals surface area contributed by atoms with Crippen LogP contribution in [0.3, 0.4) is 0 Å². The number of anilines is 2. The van der Waals surface area contributed by atoms with E-state index in [1.807, 2.05) is 0 Å². The third-order valence-corrected chi connectivity index (χ3v) is 4.46. The van der Waals surface area contributed by atoms with Crippen molar-refractivity contribution in [3.63, 3.8) is 0 Å². The molecule has 8 nitrogen and oxygen atoms in total. The fourth-order valence-corrected chi connectivity index (χ4v) is 3.01. The number of methoxy groups -OCH3 is 2. The van der Waals surface area contributed by atoms with Crippen molar-refractivity contribution in [3.05, 3.63) is 24.3 Å². The molecular weight excluding hydrogens is 340 g/mol. The quantitative estimate of drug-likeness (QED) is 0.466. The number of ether oxygens (including phenoxy) is 2. The largest absolute Gasteiger partial charge is 0.497 e. The molecule has 0 fully saturated rings. The predicted molar refractivity (Wildman–Crippen MR) is 88.3 cm³/mol. The SMILES string of the molecule is COC(=O)CSc1nnc(NC(=O)Nc2ccc(OC)cc2)s1. The predicted octanol–water partition coefficient (Wildman–Crippen LogP) is 2.46. The molecule has 0 saturated carbocycles. The number of hydrogen-bond donors (Lipinski definition) is 2. The maximum absolute atomic E-state index is 11.9. The fraction of sp³-hybridized carbons (Fsp3) is 0.231. The van der Waals surface area contributed by atoms with Gasteiger partial charge in [0.2, 0.25) is 5.13 Å². The van der Waals surface area contributed by atoms with E-state index in [0.717, 1.165) is 0 Å². The zero-order valence-electron chi connectivity index (χ0n) is 12.4. The lowest BCUT2D eigenvalue weighted by atomic mass is 10.3. The van der Waals surface area contributed by atoms with Crippen LogP contribution in [0.5, 0.6) is 5.75 Å². The van der Waals surface area contributed by atoms with Gasteiger partial charge in [-0.25, -0.2) is 4.79 Å². The number of thioether (sulfide) groups is 1. The number of esters is 1. The lowest BCUT2D eigenvalue weighted by Gasteiger charge is -2.05. The van der Waals surface area contributed by atoms with Crippen LogP contribution in [-0.2, 0) is 9.53 Å². The minimum atomic E-state index is -0.434. The molecule has 1 aromatic heterocycles. The second kappa shape index (κ2) is 8.34. The summed E-state index contributed by atoms with van der Waals surface area (Å²) in [6.45, 7) is 0. The summed E-state index contributed by atoms with van der Waals surface area (Å²) >= 11 is 2.37. The summed E-state index contributed by atoms with van der Waals surface area (Å²) < 4.78 is 10.1. The summed E-state index contributed by atoms with van der Waals surface area (Å²) in [6, 6.07) is 6.48. The molecule has 10 heteroatoms. The van der Waals surface area contributed by atoms with Gasteiger partial charge < -0.3 is 14.8 Å². The van der Waals surface area contributed by atoms with Gasteiger partial charge in [-0.05, 0) is 24.3 Å². The Labute approximate surface area is 140 Å². The number of aromatic nitrogens is 2. The van der Waals surface area contributed by atoms with Gasteiger partial charge in [0.1, 0.15) is 5.75 Å². The third-order valence-electron chi connectivity index (χ3n) is 2.52. The molecule has 0 saturated heterocycles. The van der Waals surface area contributed by atoms with Gasteiger partial charge in [-0.3, -0.25) is 10.1 Å². The van der Waals surface area contributed by atoms with E-state index in [2.05, 4.69) is 25.6 Å². The number of rotatable bonds is 6. The zero-order chi connectivity index (χ0) is 16.7. The minimum Gasteiger partial charge on any atom is -0.497 e. The molecule has 0 aliphatic carbocycles. The minimum absolute atomic E-state index is 0.142. The number of benzene rings is 1. The van der Waals surface area contributed by atoms with Gasteiger partial charge in [0, 0.05) is 5.69 Å². The standard InChI is InChI=1S/C13H14N4O4S2/c1-20-9-5-3-8(4-6-9)14-11(19)15-12-16-17-13(23-12)22-7-10(18)21-2/h3-6H,7H2,1-2H3,(H2,14,15,16,19). The van der Waals surface area contributed by atoms with Gasteiger partial charge in [0.25, 0.3) is 0 Å². The summed E-state index contributed by atoms with van der Waals surface area (Å²) in [5.74, 6) is 0.493. The van der Waals surface area contributed by atoms with Crippen LogP contribution >= 0.6 is 23.1 Å². The molecule has 2 aromatic rings. The van der Waals surface area contributed by atoms with Crippen LogP contribution in [0.2, 0.25) is 0 Å². The van der Waals surface area contributed by atoms with E-state index in [1.165, 1.54) is 30.2 Å². The molecule has 2 rings (SSSR count). The molecular formula is C13H14N4O4S2. The number of amides is 2. The second-order valence-electron chi connectivity index (χ2n) is 4.05. The Morgan fingerprint density at radius 2 is 1.91 bits per heavy atom. The Balaban J connectivity index is 1.85. The summed E-state index contributed by atoms with van der Waals surface area (Å²) in [5.41, 5.74) is 0.619. The third kappa shape index (κ3) is 5.42. The van der Waals surface area contributed by atoms with Gasteiger partial charge in [-0.1, -0.05) is 23.1 Å². The van der Waals surface area contributed by atoms with Crippen LogP contribution in [0.15, 0.2) is 28.6 Å². The Hall–Kier alpha value is -2.33. The van der Waals surface area contributed by atoms with Crippen molar-refractivity contribution < 1.29 is 19.1 Å². The highest BCUT2D eigenvalue weighted by Gasteiger charge is 2.10. The van der Waals surface area contributed by atoms with Gasteiger partial charge in [-0.15, -0.1) is 10.2 Å². The van der Waals surface area contributed by atoms with Gasteiger partial charge in [-0.2, -0.15) is 0 Å². The number of carbonyl (C=O) groups is 2. The van der Waals surface area contributed by atoms with Crippen LogP contribution in [0, 0.1) is 0 Å². The van der Waals surface area contributed by atoms with Gasteiger partial charge in [0.15, 0.2) is 4.34 Å². The van der Waals surface area contributed by atoms with Crippen molar-refractivity contribution in [2.24, 2.45) is 0 Å². The van der Waals surface area contributed by atoms with E-state index >= 15 is 0 Å². The Kier molecular flexibility index (Phi) is 6.18. The highest BCUT2D eigenvalue weighted by atomic mass is 32.2. The number of urea groups is 1. The topological polar surface area (TPSA) is 102 Å². The summed E-state index contributed by atoms with van der Waals surface area (Å²) in [4.78, 5) is 22.9. The highest BCUT2D eigenvalue weighted by molar-refractivity contribution is 8.01. The van der Waals surface area contributed by atoms with Crippen LogP contribution in [0.1, 0.15) is 0 Å². The van der Waals surface area contributed by atoms with Crippen molar-refractivity contribution in [3.8, 4) is 5.75 Å². The fourth-order valence-electron chi connectivity index (χ4n) is 1.43. The van der Waals surface area contributed by atoms with Crippen LogP contribution in [0.4, 0.5) is 15.6 Å². The molecule has 0 bridgehead atoms. The molecule has 0 aliphatic heterocycles. The lowest BCUT2D eigenvalue weighted by molar-refractivity contribution is -0.137. The van der Waals surface area contributed by atoms with E-state index in [9.17, 15) is 9.59 Å². The molecule has 1 aromatic carbocycles. The van der Waals surface area contributed by atoms with Gasteiger partial charge >= 0.3 is 12.0 Å². The molecule has 122 valence electrons. The van der Waals surface area contributed by atoms with Crippen molar-refractivity contribution in [2.45, 2.75) is 4.34 Å². The first-order valence-electron chi connectivity index (χ1n) is 6.36. The van der Waals surface area contributed by atoms with E-state index in [-0.39, 0.29) is 11.7 Å².